The van der Waals surface area contributed by atoms with Crippen LogP contribution in [0.5, 0.6) is 5.75 Å². The molecule has 0 unspecified atom stereocenters. The van der Waals surface area contributed by atoms with Crippen LogP contribution >= 0.6 is 0 Å². The van der Waals surface area contributed by atoms with E-state index in [9.17, 15) is 14.7 Å². The molecule has 0 aliphatic carbocycles. The van der Waals surface area contributed by atoms with E-state index in [1.807, 2.05) is 30.0 Å². The molecule has 2 aromatic heterocycles. The second-order valence-corrected chi connectivity index (χ2v) is 8.77. The number of morpholine rings is 1. The van der Waals surface area contributed by atoms with Crippen molar-refractivity contribution in [1.29, 1.82) is 0 Å². The van der Waals surface area contributed by atoms with Crippen LogP contribution in [0.3, 0.4) is 0 Å². The van der Waals surface area contributed by atoms with Crippen molar-refractivity contribution in [2.75, 3.05) is 37.8 Å². The van der Waals surface area contributed by atoms with Crippen molar-refractivity contribution in [3.05, 3.63) is 50.2 Å². The van der Waals surface area contributed by atoms with E-state index in [0.717, 1.165) is 16.9 Å². The molecule has 0 amide bonds. The lowest BCUT2D eigenvalue weighted by molar-refractivity contribution is 0.0921. The quantitative estimate of drug-likeness (QED) is 0.547. The molecular weight excluding hydrogens is 426 g/mol. The van der Waals surface area contributed by atoms with Crippen LogP contribution in [0.2, 0.25) is 0 Å². The number of aliphatic hydroxyl groups is 1. The first kappa shape index (κ1) is 23.1. The predicted molar refractivity (Wildman–Crippen MR) is 125 cm³/mol. The molecule has 1 atom stereocenters. The zero-order chi connectivity index (χ0) is 23.7. The van der Waals surface area contributed by atoms with Crippen molar-refractivity contribution < 1.29 is 14.6 Å². The molecule has 178 valence electrons. The van der Waals surface area contributed by atoms with Gasteiger partial charge in [0.1, 0.15) is 18.5 Å². The fraction of sp³-hybridized carbons (Fsp3) is 0.522. The van der Waals surface area contributed by atoms with Gasteiger partial charge in [0.05, 0.1) is 19.8 Å². The van der Waals surface area contributed by atoms with E-state index in [4.69, 9.17) is 9.47 Å². The molecule has 10 heteroatoms. The first-order chi connectivity index (χ1) is 15.8. The smallest absolute Gasteiger partial charge is 0.329 e. The van der Waals surface area contributed by atoms with Gasteiger partial charge < -0.3 is 24.0 Å². The number of aromatic nitrogens is 4. The van der Waals surface area contributed by atoms with Crippen LogP contribution in [0.1, 0.15) is 30.9 Å². The summed E-state index contributed by atoms with van der Waals surface area (Å²) in [5.74, 6) is 1.55. The normalized spacial score (nSPS) is 15.4. The highest BCUT2D eigenvalue weighted by molar-refractivity contribution is 5.74. The Balaban J connectivity index is 1.65. The summed E-state index contributed by atoms with van der Waals surface area (Å²) in [4.78, 5) is 33.7. The molecule has 2 N–H and O–H groups in total. The zero-order valence-corrected chi connectivity index (χ0v) is 19.5. The maximum Gasteiger partial charge on any atom is 0.329 e. The largest absolute Gasteiger partial charge is 0.491 e. The van der Waals surface area contributed by atoms with Crippen LogP contribution < -0.4 is 20.9 Å². The minimum atomic E-state index is -0.903. The van der Waals surface area contributed by atoms with Gasteiger partial charge in [-0.15, -0.1) is 0 Å². The lowest BCUT2D eigenvalue weighted by atomic mass is 10.0. The molecule has 10 nitrogen and oxygen atoms in total. The Morgan fingerprint density at radius 1 is 1.24 bits per heavy atom. The van der Waals surface area contributed by atoms with Gasteiger partial charge in [-0.1, -0.05) is 26.0 Å². The summed E-state index contributed by atoms with van der Waals surface area (Å²) in [5, 5.41) is 10.9. The van der Waals surface area contributed by atoms with Crippen molar-refractivity contribution in [2.24, 2.45) is 7.05 Å². The molecule has 1 aromatic carbocycles. The summed E-state index contributed by atoms with van der Waals surface area (Å²) < 4.78 is 14.4. The Hall–Kier alpha value is -3.11. The Labute approximate surface area is 191 Å². The fourth-order valence-corrected chi connectivity index (χ4v) is 4.09. The minimum absolute atomic E-state index is 0.0507. The second kappa shape index (κ2) is 9.40. The number of aliphatic hydroxyl groups excluding tert-OH is 1. The number of ether oxygens (including phenoxy) is 2. The Morgan fingerprint density at radius 2 is 1.97 bits per heavy atom. The van der Waals surface area contributed by atoms with Crippen LogP contribution in [0, 0.1) is 6.92 Å². The van der Waals surface area contributed by atoms with Gasteiger partial charge in [0.25, 0.3) is 5.56 Å². The predicted octanol–water partition coefficient (Wildman–Crippen LogP) is 1.13. The Bertz CT molecular complexity index is 1250. The molecule has 3 heterocycles. The number of anilines is 1. The van der Waals surface area contributed by atoms with E-state index in [-0.39, 0.29) is 30.2 Å². The molecule has 0 spiro atoms. The van der Waals surface area contributed by atoms with Gasteiger partial charge in [-0.05, 0) is 30.0 Å². The summed E-state index contributed by atoms with van der Waals surface area (Å²) in [5.41, 5.74) is 1.60. The number of H-pyrrole nitrogens is 1. The third kappa shape index (κ3) is 4.67. The first-order valence-electron chi connectivity index (χ1n) is 11.2. The van der Waals surface area contributed by atoms with E-state index >= 15 is 0 Å². The highest BCUT2D eigenvalue weighted by atomic mass is 16.5. The molecule has 0 radical (unpaired) electrons. The molecule has 33 heavy (non-hydrogen) atoms. The van der Waals surface area contributed by atoms with Gasteiger partial charge in [0.15, 0.2) is 11.2 Å². The highest BCUT2D eigenvalue weighted by Crippen LogP contribution is 2.28. The average Bonchev–Trinajstić information content (AvgIpc) is 3.16. The number of aromatic amines is 1. The van der Waals surface area contributed by atoms with Crippen LogP contribution in [0.25, 0.3) is 11.2 Å². The summed E-state index contributed by atoms with van der Waals surface area (Å²) in [6.07, 6.45) is -0.903. The van der Waals surface area contributed by atoms with E-state index in [0.29, 0.717) is 32.3 Å². The average molecular weight is 458 g/mol. The van der Waals surface area contributed by atoms with E-state index in [1.165, 1.54) is 4.57 Å². The number of rotatable bonds is 7. The number of hydrogen-bond donors (Lipinski definition) is 2. The molecule has 0 saturated carbocycles. The highest BCUT2D eigenvalue weighted by Gasteiger charge is 2.24. The third-order valence-corrected chi connectivity index (χ3v) is 5.90. The van der Waals surface area contributed by atoms with Gasteiger partial charge in [0.2, 0.25) is 5.95 Å². The first-order valence-corrected chi connectivity index (χ1v) is 11.2. The Morgan fingerprint density at radius 3 is 2.67 bits per heavy atom. The number of nitrogens with one attached hydrogen (secondary N) is 1. The fourth-order valence-electron chi connectivity index (χ4n) is 4.09. The summed E-state index contributed by atoms with van der Waals surface area (Å²) in [7, 11) is 1.56. The van der Waals surface area contributed by atoms with Crippen LogP contribution in [-0.4, -0.2) is 63.2 Å². The number of imidazole rings is 1. The monoisotopic (exact) mass is 457 g/mol. The second-order valence-electron chi connectivity index (χ2n) is 8.77. The van der Waals surface area contributed by atoms with Gasteiger partial charge in [-0.2, -0.15) is 4.98 Å². The lowest BCUT2D eigenvalue weighted by Crippen LogP contribution is -2.39. The molecule has 0 bridgehead atoms. The lowest BCUT2D eigenvalue weighted by Gasteiger charge is -2.28. The number of hydrogen-bond acceptors (Lipinski definition) is 7. The summed E-state index contributed by atoms with van der Waals surface area (Å²) in [6.45, 7) is 8.60. The van der Waals surface area contributed by atoms with Crippen molar-refractivity contribution in [3.8, 4) is 5.75 Å². The summed E-state index contributed by atoms with van der Waals surface area (Å²) >= 11 is 0. The number of fused-ring (bicyclic) bond motifs is 1. The summed E-state index contributed by atoms with van der Waals surface area (Å²) in [6, 6.07) is 6.05. The maximum absolute atomic E-state index is 12.7. The minimum Gasteiger partial charge on any atom is -0.491 e. The topological polar surface area (TPSA) is 115 Å². The van der Waals surface area contributed by atoms with Crippen molar-refractivity contribution in [1.82, 2.24) is 19.1 Å². The number of benzene rings is 1. The van der Waals surface area contributed by atoms with Crippen LogP contribution in [-0.2, 0) is 18.3 Å². The van der Waals surface area contributed by atoms with Gasteiger partial charge >= 0.3 is 5.69 Å². The molecular formula is C23H31N5O5. The number of aryl methyl sites for hydroxylation is 2. The van der Waals surface area contributed by atoms with E-state index in [1.54, 1.807) is 11.6 Å². The van der Waals surface area contributed by atoms with Gasteiger partial charge in [-0.25, -0.2) is 4.79 Å². The standard InChI is InChI=1S/C23H31N5O5/c1-14(2)17-6-5-15(3)11-18(17)33-13-16(29)12-28-19-20(26(4)23(31)25-21(19)30)24-22(28)27-7-9-32-10-8-27/h5-6,11,14,16,29H,7-10,12-13H2,1-4H3,(H,25,30,31)/t16-/m0/s1. The molecule has 4 rings (SSSR count). The van der Waals surface area contributed by atoms with Crippen LogP contribution in [0.15, 0.2) is 27.8 Å². The molecule has 1 aliphatic heterocycles. The van der Waals surface area contributed by atoms with Crippen LogP contribution in [0.4, 0.5) is 5.95 Å². The molecule has 1 saturated heterocycles. The zero-order valence-electron chi connectivity index (χ0n) is 19.5. The SMILES string of the molecule is Cc1ccc(C(C)C)c(OC[C@@H](O)Cn2c(N3CCOCC3)nc3c2c(=O)[nH]c(=O)n3C)c1. The third-order valence-electron chi connectivity index (χ3n) is 5.90. The molecule has 3 aromatic rings. The van der Waals surface area contributed by atoms with Gasteiger partial charge in [0, 0.05) is 20.1 Å². The molecule has 1 fully saturated rings. The number of nitrogens with zero attached hydrogens (tertiary/aromatic N) is 4. The van der Waals surface area contributed by atoms with Gasteiger partial charge in [-0.3, -0.25) is 14.3 Å². The van der Waals surface area contributed by atoms with Crippen molar-refractivity contribution in [2.45, 2.75) is 39.3 Å². The van der Waals surface area contributed by atoms with E-state index < -0.39 is 17.4 Å². The van der Waals surface area contributed by atoms with Crippen molar-refractivity contribution in [3.63, 3.8) is 0 Å². The Kier molecular flexibility index (Phi) is 6.57. The van der Waals surface area contributed by atoms with E-state index in [2.05, 4.69) is 23.8 Å². The molecule has 1 aliphatic rings. The van der Waals surface area contributed by atoms with Crippen molar-refractivity contribution >= 4 is 17.1 Å². The maximum atomic E-state index is 12.7.